The van der Waals surface area contributed by atoms with Gasteiger partial charge in [-0.25, -0.2) is 0 Å². The molecular weight excluding hydrogens is 480 g/mol. The Morgan fingerprint density at radius 3 is 1.73 bits per heavy atom. The van der Waals surface area contributed by atoms with E-state index in [1.807, 2.05) is 0 Å². The summed E-state index contributed by atoms with van der Waals surface area (Å²) in [4.78, 5) is 0. The van der Waals surface area contributed by atoms with Gasteiger partial charge in [0.2, 0.25) is 0 Å². The summed E-state index contributed by atoms with van der Waals surface area (Å²) >= 11 is 0. The molecule has 0 atom stereocenters. The highest BCUT2D eigenvalue weighted by Crippen LogP contribution is 2.48. The molecule has 0 N–H and O–H groups in total. The fraction of sp³-hybridized carbons (Fsp3) is 0. The lowest BCUT2D eigenvalue weighted by molar-refractivity contribution is 1.64. The molecule has 0 spiro atoms. The Kier molecular flexibility index (Phi) is 4.42. The van der Waals surface area contributed by atoms with Crippen molar-refractivity contribution in [2.24, 2.45) is 0 Å². The zero-order chi connectivity index (χ0) is 26.2. The van der Waals surface area contributed by atoms with Crippen LogP contribution in [0.5, 0.6) is 0 Å². The fourth-order valence-corrected chi connectivity index (χ4v) is 6.86. The molecule has 0 amide bonds. The van der Waals surface area contributed by atoms with Gasteiger partial charge in [-0.05, 0) is 112 Å². The van der Waals surface area contributed by atoms with Crippen LogP contribution in [0, 0.1) is 0 Å². The van der Waals surface area contributed by atoms with E-state index >= 15 is 0 Å². The molecule has 0 heterocycles. The van der Waals surface area contributed by atoms with Gasteiger partial charge in [-0.1, -0.05) is 121 Å². The number of fused-ring (bicyclic) bond motifs is 7. The second kappa shape index (κ2) is 8.15. The summed E-state index contributed by atoms with van der Waals surface area (Å²) < 4.78 is 0. The van der Waals surface area contributed by atoms with Crippen molar-refractivity contribution in [3.8, 4) is 44.5 Å². The zero-order valence-corrected chi connectivity index (χ0v) is 21.9. The largest absolute Gasteiger partial charge is 0.0616 e. The summed E-state index contributed by atoms with van der Waals surface area (Å²) in [5, 5.41) is 10.4. The lowest BCUT2D eigenvalue weighted by Crippen LogP contribution is -1.86. The molecule has 0 nitrogen and oxygen atoms in total. The molecule has 40 heavy (non-hydrogen) atoms. The molecule has 9 rings (SSSR count). The first kappa shape index (κ1) is 21.7. The van der Waals surface area contributed by atoms with Crippen LogP contribution >= 0.6 is 0 Å². The van der Waals surface area contributed by atoms with Crippen LogP contribution in [0.25, 0.3) is 87.6 Å². The summed E-state index contributed by atoms with van der Waals surface area (Å²) in [6.07, 6.45) is 0. The average Bonchev–Trinajstić information content (AvgIpc) is 3.35. The molecule has 0 fully saturated rings. The third-order valence-corrected chi connectivity index (χ3v) is 8.76. The Bertz CT molecular complexity index is 2310. The minimum atomic E-state index is 1.25. The first-order valence-corrected chi connectivity index (χ1v) is 13.9. The third kappa shape index (κ3) is 3.08. The lowest BCUT2D eigenvalue weighted by atomic mass is 9.91. The van der Waals surface area contributed by atoms with Crippen LogP contribution in [0.4, 0.5) is 0 Å². The zero-order valence-electron chi connectivity index (χ0n) is 21.9. The second-order valence-corrected chi connectivity index (χ2v) is 10.9. The molecular formula is C40H24. The summed E-state index contributed by atoms with van der Waals surface area (Å²) in [6.45, 7) is 0. The number of hydrogen-bond acceptors (Lipinski definition) is 0. The molecule has 0 unspecified atom stereocenters. The first-order valence-electron chi connectivity index (χ1n) is 13.9. The van der Waals surface area contributed by atoms with Crippen molar-refractivity contribution in [1.29, 1.82) is 0 Å². The van der Waals surface area contributed by atoms with Crippen molar-refractivity contribution in [2.45, 2.75) is 0 Å². The number of hydrogen-bond donors (Lipinski definition) is 0. The summed E-state index contributed by atoms with van der Waals surface area (Å²) in [5.74, 6) is 0. The first-order chi connectivity index (χ1) is 19.8. The van der Waals surface area contributed by atoms with E-state index in [0.29, 0.717) is 0 Å². The minimum absolute atomic E-state index is 1.25. The van der Waals surface area contributed by atoms with Gasteiger partial charge in [-0.3, -0.25) is 0 Å². The molecule has 0 heteroatoms. The topological polar surface area (TPSA) is 0 Å². The van der Waals surface area contributed by atoms with Crippen LogP contribution in [0.1, 0.15) is 0 Å². The normalized spacial score (nSPS) is 12.0. The maximum Gasteiger partial charge on any atom is -0.00264 e. The van der Waals surface area contributed by atoms with Gasteiger partial charge in [-0.2, -0.15) is 0 Å². The van der Waals surface area contributed by atoms with E-state index in [2.05, 4.69) is 146 Å². The van der Waals surface area contributed by atoms with Crippen LogP contribution < -0.4 is 0 Å². The molecule has 0 saturated heterocycles. The van der Waals surface area contributed by atoms with Gasteiger partial charge in [0, 0.05) is 0 Å². The van der Waals surface area contributed by atoms with Crippen LogP contribution in [0.15, 0.2) is 146 Å². The van der Waals surface area contributed by atoms with E-state index in [9.17, 15) is 0 Å². The molecule has 0 aliphatic heterocycles. The molecule has 184 valence electrons. The van der Waals surface area contributed by atoms with Crippen LogP contribution in [-0.4, -0.2) is 0 Å². The smallest absolute Gasteiger partial charge is 0.00264 e. The van der Waals surface area contributed by atoms with Crippen LogP contribution in [0.3, 0.4) is 0 Å². The minimum Gasteiger partial charge on any atom is -0.0616 e. The van der Waals surface area contributed by atoms with Gasteiger partial charge in [0.1, 0.15) is 0 Å². The molecule has 1 aliphatic carbocycles. The molecule has 0 saturated carbocycles. The predicted octanol–water partition coefficient (Wildman–Crippen LogP) is 11.3. The van der Waals surface area contributed by atoms with Crippen molar-refractivity contribution in [3.05, 3.63) is 146 Å². The van der Waals surface area contributed by atoms with Gasteiger partial charge in [-0.15, -0.1) is 0 Å². The Hall–Kier alpha value is -5.20. The van der Waals surface area contributed by atoms with Crippen LogP contribution in [-0.2, 0) is 0 Å². The van der Waals surface area contributed by atoms with E-state index < -0.39 is 0 Å². The Labute approximate surface area is 232 Å². The quantitative estimate of drug-likeness (QED) is 0.205. The highest BCUT2D eigenvalue weighted by molar-refractivity contribution is 6.16. The summed E-state index contributed by atoms with van der Waals surface area (Å²) in [7, 11) is 0. The highest BCUT2D eigenvalue weighted by Gasteiger charge is 2.21. The van der Waals surface area contributed by atoms with Gasteiger partial charge >= 0.3 is 0 Å². The summed E-state index contributed by atoms with van der Waals surface area (Å²) in [6, 6.07) is 53.9. The number of rotatable bonds is 2. The van der Waals surface area contributed by atoms with Crippen molar-refractivity contribution in [3.63, 3.8) is 0 Å². The van der Waals surface area contributed by atoms with E-state index in [1.165, 1.54) is 87.6 Å². The molecule has 0 bridgehead atoms. The molecule has 8 aromatic carbocycles. The molecule has 1 aliphatic rings. The molecule has 0 radical (unpaired) electrons. The Morgan fingerprint density at radius 1 is 0.250 bits per heavy atom. The average molecular weight is 505 g/mol. The van der Waals surface area contributed by atoms with Gasteiger partial charge in [0.25, 0.3) is 0 Å². The molecule has 0 aromatic heterocycles. The lowest BCUT2D eigenvalue weighted by Gasteiger charge is -2.12. The third-order valence-electron chi connectivity index (χ3n) is 8.76. The van der Waals surface area contributed by atoms with Gasteiger partial charge in [0.05, 0.1) is 0 Å². The van der Waals surface area contributed by atoms with Gasteiger partial charge < -0.3 is 0 Å². The standard InChI is InChI=1S/C40H24/c1-2-10-32-29(7-1)24-38(34-12-4-3-11-33(32)34)30-18-16-25-15-17-27(21-31(25)22-30)28-19-20-35-36-13-5-8-26-9-6-14-37(40(26)36)39(35)23-28/h1-24H. The van der Waals surface area contributed by atoms with Gasteiger partial charge in [0.15, 0.2) is 0 Å². The van der Waals surface area contributed by atoms with Crippen molar-refractivity contribution < 1.29 is 0 Å². The van der Waals surface area contributed by atoms with Crippen molar-refractivity contribution >= 4 is 43.1 Å². The second-order valence-electron chi connectivity index (χ2n) is 10.9. The van der Waals surface area contributed by atoms with E-state index in [-0.39, 0.29) is 0 Å². The Morgan fingerprint density at radius 2 is 0.875 bits per heavy atom. The SMILES string of the molecule is c1cc2c3c(cccc3c1)-c1cc(-c3ccc4ccc(-c5cc6ccccc6c6ccccc56)cc4c3)ccc1-2. The number of benzene rings is 8. The van der Waals surface area contributed by atoms with Crippen molar-refractivity contribution in [2.75, 3.05) is 0 Å². The Balaban J connectivity index is 1.20. The predicted molar refractivity (Wildman–Crippen MR) is 172 cm³/mol. The highest BCUT2D eigenvalue weighted by atomic mass is 14.2. The maximum absolute atomic E-state index is 2.38. The van der Waals surface area contributed by atoms with E-state index in [4.69, 9.17) is 0 Å². The monoisotopic (exact) mass is 504 g/mol. The summed E-state index contributed by atoms with van der Waals surface area (Å²) in [5.41, 5.74) is 10.4. The van der Waals surface area contributed by atoms with Crippen LogP contribution in [0.2, 0.25) is 0 Å². The maximum atomic E-state index is 2.38. The van der Waals surface area contributed by atoms with E-state index in [1.54, 1.807) is 0 Å². The fourth-order valence-electron chi connectivity index (χ4n) is 6.86. The van der Waals surface area contributed by atoms with E-state index in [0.717, 1.165) is 0 Å². The molecule has 8 aromatic rings. The van der Waals surface area contributed by atoms with Crippen molar-refractivity contribution in [1.82, 2.24) is 0 Å².